The van der Waals surface area contributed by atoms with Crippen molar-refractivity contribution in [1.82, 2.24) is 0 Å². The van der Waals surface area contributed by atoms with E-state index < -0.39 is 0 Å². The lowest BCUT2D eigenvalue weighted by atomic mass is 10.1. The number of hydrogen-bond donors (Lipinski definition) is 0. The van der Waals surface area contributed by atoms with Crippen molar-refractivity contribution < 1.29 is 0 Å². The van der Waals surface area contributed by atoms with Crippen LogP contribution in [0.4, 0.5) is 0 Å². The van der Waals surface area contributed by atoms with E-state index in [0.717, 1.165) is 12.8 Å². The standard InChI is InChI=1S/C12H18ClNO/c13-11-9-7-5-3-1-2-4-6-8-10-12(11)14-15/h7,9H,1-6,8,10H2. The Balaban J connectivity index is 2.61. The number of rotatable bonds is 1. The van der Waals surface area contributed by atoms with Crippen molar-refractivity contribution in [2.24, 2.45) is 5.18 Å². The second-order valence-corrected chi connectivity index (χ2v) is 4.36. The summed E-state index contributed by atoms with van der Waals surface area (Å²) in [5.74, 6) is 0. The van der Waals surface area contributed by atoms with Gasteiger partial charge in [0.15, 0.2) is 0 Å². The maximum absolute atomic E-state index is 10.6. The zero-order valence-electron chi connectivity index (χ0n) is 9.04. The highest BCUT2D eigenvalue weighted by molar-refractivity contribution is 6.31. The number of nitroso groups, excluding NO2 is 1. The van der Waals surface area contributed by atoms with Crippen LogP contribution in [-0.4, -0.2) is 0 Å². The molecule has 0 radical (unpaired) electrons. The molecule has 84 valence electrons. The first-order valence-electron chi connectivity index (χ1n) is 5.73. The Bertz CT molecular complexity index is 258. The summed E-state index contributed by atoms with van der Waals surface area (Å²) in [5, 5.41) is 3.52. The number of nitrogens with zero attached hydrogens (tertiary/aromatic N) is 1. The zero-order chi connectivity index (χ0) is 10.9. The fraction of sp³-hybridized carbons (Fsp3) is 0.667. The summed E-state index contributed by atoms with van der Waals surface area (Å²) < 4.78 is 0. The average molecular weight is 228 g/mol. The average Bonchev–Trinajstić information content (AvgIpc) is 2.23. The largest absolute Gasteiger partial charge is 0.145 e. The summed E-state index contributed by atoms with van der Waals surface area (Å²) in [7, 11) is 0. The fourth-order valence-electron chi connectivity index (χ4n) is 1.75. The van der Waals surface area contributed by atoms with E-state index in [2.05, 4.69) is 5.18 Å². The number of halogens is 1. The maximum Gasteiger partial charge on any atom is 0.103 e. The van der Waals surface area contributed by atoms with Crippen LogP contribution in [0.2, 0.25) is 0 Å². The molecule has 0 aromatic heterocycles. The first kappa shape index (κ1) is 12.4. The van der Waals surface area contributed by atoms with Gasteiger partial charge in [-0.2, -0.15) is 0 Å². The lowest BCUT2D eigenvalue weighted by Crippen LogP contribution is -1.86. The lowest BCUT2D eigenvalue weighted by molar-refractivity contribution is 0.593. The van der Waals surface area contributed by atoms with Gasteiger partial charge in [-0.1, -0.05) is 43.4 Å². The third-order valence-corrected chi connectivity index (χ3v) is 3.03. The third-order valence-electron chi connectivity index (χ3n) is 2.68. The molecule has 2 nitrogen and oxygen atoms in total. The van der Waals surface area contributed by atoms with E-state index in [4.69, 9.17) is 11.6 Å². The van der Waals surface area contributed by atoms with Crippen molar-refractivity contribution >= 4 is 11.6 Å². The van der Waals surface area contributed by atoms with Crippen LogP contribution in [0.25, 0.3) is 0 Å². The van der Waals surface area contributed by atoms with E-state index in [1.807, 2.05) is 12.2 Å². The quantitative estimate of drug-likeness (QED) is 0.586. The predicted octanol–water partition coefficient (Wildman–Crippen LogP) is 4.89. The van der Waals surface area contributed by atoms with Crippen LogP contribution in [0, 0.1) is 4.91 Å². The Labute approximate surface area is 96.4 Å². The van der Waals surface area contributed by atoms with Crippen molar-refractivity contribution in [3.05, 3.63) is 27.8 Å². The molecule has 0 unspecified atom stereocenters. The molecule has 0 heterocycles. The maximum atomic E-state index is 10.6. The SMILES string of the molecule is O=NC1=C(Cl)C=CCCCCCCCC1. The summed E-state index contributed by atoms with van der Waals surface area (Å²) in [5.41, 5.74) is 0.508. The Morgan fingerprint density at radius 3 is 2.47 bits per heavy atom. The molecule has 1 aliphatic rings. The normalized spacial score (nSPS) is 20.6. The van der Waals surface area contributed by atoms with Gasteiger partial charge in [-0.3, -0.25) is 0 Å². The van der Waals surface area contributed by atoms with Crippen molar-refractivity contribution in [2.45, 2.75) is 51.4 Å². The van der Waals surface area contributed by atoms with Crippen LogP contribution in [-0.2, 0) is 0 Å². The summed E-state index contributed by atoms with van der Waals surface area (Å²) >= 11 is 5.98. The second kappa shape index (κ2) is 7.63. The zero-order valence-corrected chi connectivity index (χ0v) is 9.80. The number of hydrogen-bond acceptors (Lipinski definition) is 2. The molecule has 1 aliphatic carbocycles. The Morgan fingerprint density at radius 2 is 1.73 bits per heavy atom. The molecule has 0 amide bonds. The van der Waals surface area contributed by atoms with E-state index >= 15 is 0 Å². The van der Waals surface area contributed by atoms with Gasteiger partial charge in [0.1, 0.15) is 5.70 Å². The van der Waals surface area contributed by atoms with Gasteiger partial charge in [0, 0.05) is 0 Å². The fourth-order valence-corrected chi connectivity index (χ4v) is 1.97. The molecule has 0 aromatic rings. The molecule has 0 N–H and O–H groups in total. The van der Waals surface area contributed by atoms with E-state index in [0.29, 0.717) is 17.2 Å². The summed E-state index contributed by atoms with van der Waals surface area (Å²) in [6.45, 7) is 0. The van der Waals surface area contributed by atoms with Gasteiger partial charge in [0.05, 0.1) is 5.03 Å². The minimum Gasteiger partial charge on any atom is -0.145 e. The summed E-state index contributed by atoms with van der Waals surface area (Å²) in [6.07, 6.45) is 12.9. The Hall–Kier alpha value is -0.630. The molecular weight excluding hydrogens is 210 g/mol. The highest BCUT2D eigenvalue weighted by Crippen LogP contribution is 2.21. The molecule has 0 saturated heterocycles. The molecule has 0 spiro atoms. The minimum absolute atomic E-state index is 0.508. The van der Waals surface area contributed by atoms with Crippen LogP contribution in [0.3, 0.4) is 0 Å². The van der Waals surface area contributed by atoms with Gasteiger partial charge >= 0.3 is 0 Å². The van der Waals surface area contributed by atoms with Crippen molar-refractivity contribution in [3.63, 3.8) is 0 Å². The third kappa shape index (κ3) is 5.12. The molecule has 0 atom stereocenters. The highest BCUT2D eigenvalue weighted by atomic mass is 35.5. The molecule has 0 aliphatic heterocycles. The summed E-state index contributed by atoms with van der Waals surface area (Å²) in [6, 6.07) is 0. The van der Waals surface area contributed by atoms with Gasteiger partial charge in [0.2, 0.25) is 0 Å². The van der Waals surface area contributed by atoms with Crippen molar-refractivity contribution in [3.8, 4) is 0 Å². The smallest absolute Gasteiger partial charge is 0.103 e. The first-order valence-corrected chi connectivity index (χ1v) is 6.11. The van der Waals surface area contributed by atoms with Crippen LogP contribution in [0.1, 0.15) is 51.4 Å². The van der Waals surface area contributed by atoms with Gasteiger partial charge in [0.25, 0.3) is 0 Å². The Morgan fingerprint density at radius 1 is 1.07 bits per heavy atom. The predicted molar refractivity (Wildman–Crippen MR) is 64.8 cm³/mol. The van der Waals surface area contributed by atoms with Crippen molar-refractivity contribution in [2.75, 3.05) is 0 Å². The Kier molecular flexibility index (Phi) is 6.33. The molecule has 1 rings (SSSR count). The topological polar surface area (TPSA) is 29.4 Å². The lowest BCUT2D eigenvalue weighted by Gasteiger charge is -2.03. The van der Waals surface area contributed by atoms with Gasteiger partial charge in [-0.15, -0.1) is 4.91 Å². The van der Waals surface area contributed by atoms with Crippen molar-refractivity contribution in [1.29, 1.82) is 0 Å². The molecular formula is C12H18ClNO. The molecule has 0 fully saturated rings. The monoisotopic (exact) mass is 227 g/mol. The van der Waals surface area contributed by atoms with E-state index in [9.17, 15) is 4.91 Å². The minimum atomic E-state index is 0.508. The summed E-state index contributed by atoms with van der Waals surface area (Å²) in [4.78, 5) is 10.6. The second-order valence-electron chi connectivity index (χ2n) is 3.95. The van der Waals surface area contributed by atoms with Crippen LogP contribution < -0.4 is 0 Å². The van der Waals surface area contributed by atoms with Gasteiger partial charge in [-0.05, 0) is 36.9 Å². The molecule has 15 heavy (non-hydrogen) atoms. The first-order chi connectivity index (χ1) is 7.34. The van der Waals surface area contributed by atoms with Crippen LogP contribution >= 0.6 is 11.6 Å². The van der Waals surface area contributed by atoms with Crippen LogP contribution in [0.15, 0.2) is 28.1 Å². The van der Waals surface area contributed by atoms with Gasteiger partial charge < -0.3 is 0 Å². The van der Waals surface area contributed by atoms with E-state index in [1.165, 1.54) is 32.1 Å². The molecule has 0 aromatic carbocycles. The molecule has 0 bridgehead atoms. The highest BCUT2D eigenvalue weighted by Gasteiger charge is 2.03. The number of allylic oxidation sites excluding steroid dienone is 4. The van der Waals surface area contributed by atoms with Gasteiger partial charge in [-0.25, -0.2) is 0 Å². The van der Waals surface area contributed by atoms with E-state index in [1.54, 1.807) is 0 Å². The van der Waals surface area contributed by atoms with E-state index in [-0.39, 0.29) is 0 Å². The molecule has 0 saturated carbocycles. The molecule has 3 heteroatoms. The van der Waals surface area contributed by atoms with Crippen LogP contribution in [0.5, 0.6) is 0 Å².